The van der Waals surface area contributed by atoms with Crippen molar-refractivity contribution in [3.63, 3.8) is 0 Å². The molecule has 0 radical (unpaired) electrons. The molecule has 45 heavy (non-hydrogen) atoms. The van der Waals surface area contributed by atoms with E-state index in [0.29, 0.717) is 33.2 Å². The predicted molar refractivity (Wildman–Crippen MR) is 171 cm³/mol. The third kappa shape index (κ3) is 4.14. The fourth-order valence-electron chi connectivity index (χ4n) is 8.57. The Labute approximate surface area is 269 Å². The van der Waals surface area contributed by atoms with E-state index in [0.717, 1.165) is 5.57 Å². The van der Waals surface area contributed by atoms with Gasteiger partial charge in [-0.2, -0.15) is 0 Å². The molecule has 6 atom stereocenters. The van der Waals surface area contributed by atoms with Crippen LogP contribution in [0.3, 0.4) is 0 Å². The summed E-state index contributed by atoms with van der Waals surface area (Å²) < 4.78 is 6.18. The highest BCUT2D eigenvalue weighted by molar-refractivity contribution is 9.10. The number of allylic oxidation sites excluding steroid dienone is 4. The Morgan fingerprint density at radius 3 is 2.31 bits per heavy atom. The molecule has 1 N–H and O–H groups in total. The van der Waals surface area contributed by atoms with Crippen molar-refractivity contribution in [2.75, 3.05) is 13.7 Å². The minimum absolute atomic E-state index is 0.134. The number of imide groups is 1. The Morgan fingerprint density at radius 1 is 0.956 bits per heavy atom. The van der Waals surface area contributed by atoms with Crippen LogP contribution < -0.4 is 4.74 Å². The normalized spacial score (nSPS) is 29.0. The van der Waals surface area contributed by atoms with Gasteiger partial charge in [-0.1, -0.05) is 88.2 Å². The summed E-state index contributed by atoms with van der Waals surface area (Å²) in [5, 5.41) is 11.7. The van der Waals surface area contributed by atoms with E-state index in [9.17, 15) is 19.5 Å². The molecule has 1 aliphatic heterocycles. The van der Waals surface area contributed by atoms with Crippen molar-refractivity contribution in [1.29, 1.82) is 0 Å². The smallest absolute Gasteiger partial charge is 0.233 e. The fraction of sp³-hybridized carbons (Fsp3) is 0.297. The standard InChI is InChI=1S/C37H32BrNO6/c1-3-39-35(43)24-15-14-23-26(31(24)36(39)44)18-28-33(41)25(20-10-6-4-7-11-20)19-30(40)37(28,21-12-8-5-9-13-21)32(23)27-16-22(38)17-29(45-2)34(27)42/h4-14,16-17,19,24,26,28,31-32,42H,3,15,18H2,1-2H3. The van der Waals surface area contributed by atoms with E-state index in [1.54, 1.807) is 19.1 Å². The van der Waals surface area contributed by atoms with E-state index in [1.165, 1.54) is 18.1 Å². The van der Waals surface area contributed by atoms with Gasteiger partial charge in [0.05, 0.1) is 24.4 Å². The highest BCUT2D eigenvalue weighted by Gasteiger charge is 2.66. The molecular weight excluding hydrogens is 634 g/mol. The molecule has 3 aromatic rings. The molecule has 7 nitrogen and oxygen atoms in total. The zero-order valence-electron chi connectivity index (χ0n) is 24.9. The highest BCUT2D eigenvalue weighted by atomic mass is 79.9. The van der Waals surface area contributed by atoms with Gasteiger partial charge in [0.25, 0.3) is 0 Å². The molecule has 1 saturated heterocycles. The van der Waals surface area contributed by atoms with E-state index in [4.69, 9.17) is 4.74 Å². The highest BCUT2D eigenvalue weighted by Crippen LogP contribution is 2.65. The first kappa shape index (κ1) is 29.4. The number of benzene rings is 3. The van der Waals surface area contributed by atoms with Crippen LogP contribution in [0.1, 0.15) is 42.4 Å². The number of methoxy groups -OCH3 is 1. The number of nitrogens with zero attached hydrogens (tertiary/aromatic N) is 1. The van der Waals surface area contributed by atoms with E-state index in [2.05, 4.69) is 15.9 Å². The van der Waals surface area contributed by atoms with Gasteiger partial charge < -0.3 is 9.84 Å². The molecule has 3 aromatic carbocycles. The number of ketones is 2. The summed E-state index contributed by atoms with van der Waals surface area (Å²) in [4.78, 5) is 58.5. The number of Topliss-reactive ketones (excluding diaryl/α,β-unsaturated/α-hetero) is 1. The Bertz CT molecular complexity index is 1810. The zero-order chi connectivity index (χ0) is 31.6. The summed E-state index contributed by atoms with van der Waals surface area (Å²) in [5.74, 6) is -4.14. The topological polar surface area (TPSA) is 101 Å². The van der Waals surface area contributed by atoms with E-state index in [-0.39, 0.29) is 47.8 Å². The average molecular weight is 667 g/mol. The molecule has 0 spiro atoms. The molecule has 6 unspecified atom stereocenters. The number of hydrogen-bond donors (Lipinski definition) is 1. The predicted octanol–water partition coefficient (Wildman–Crippen LogP) is 6.01. The number of hydrogen-bond acceptors (Lipinski definition) is 6. The number of ether oxygens (including phenoxy) is 1. The van der Waals surface area contributed by atoms with Crippen LogP contribution in [0.5, 0.6) is 11.5 Å². The van der Waals surface area contributed by atoms with Gasteiger partial charge in [-0.15, -0.1) is 0 Å². The van der Waals surface area contributed by atoms with Gasteiger partial charge in [0.15, 0.2) is 23.1 Å². The van der Waals surface area contributed by atoms with Gasteiger partial charge in [-0.05, 0) is 55.0 Å². The minimum Gasteiger partial charge on any atom is -0.504 e. The molecule has 0 aromatic heterocycles. The van der Waals surface area contributed by atoms with E-state index in [1.807, 2.05) is 66.7 Å². The molecular formula is C37H32BrNO6. The number of aromatic hydroxyl groups is 1. The first-order chi connectivity index (χ1) is 21.7. The number of phenolic OH excluding ortho intramolecular Hbond substituents is 1. The van der Waals surface area contributed by atoms with Crippen LogP contribution in [0.15, 0.2) is 95.0 Å². The molecule has 1 saturated carbocycles. The van der Waals surface area contributed by atoms with Gasteiger partial charge in [-0.3, -0.25) is 24.1 Å². The van der Waals surface area contributed by atoms with Crippen LogP contribution in [0, 0.1) is 23.7 Å². The first-order valence-electron chi connectivity index (χ1n) is 15.3. The van der Waals surface area contributed by atoms with Crippen molar-refractivity contribution in [3.05, 3.63) is 112 Å². The number of carbonyl (C=O) groups excluding carboxylic acids is 4. The Hall–Kier alpha value is -4.30. The van der Waals surface area contributed by atoms with Crippen LogP contribution >= 0.6 is 15.9 Å². The summed E-state index contributed by atoms with van der Waals surface area (Å²) >= 11 is 3.57. The molecule has 0 bridgehead atoms. The molecule has 1 heterocycles. The fourth-order valence-corrected chi connectivity index (χ4v) is 9.02. The van der Waals surface area contributed by atoms with Gasteiger partial charge in [0.2, 0.25) is 11.8 Å². The number of likely N-dealkylation sites (tertiary alicyclic amines) is 1. The number of phenols is 1. The molecule has 2 fully saturated rings. The van der Waals surface area contributed by atoms with E-state index >= 15 is 4.79 Å². The number of carbonyl (C=O) groups is 4. The Kier molecular flexibility index (Phi) is 7.15. The van der Waals surface area contributed by atoms with Crippen LogP contribution in [0.4, 0.5) is 0 Å². The summed E-state index contributed by atoms with van der Waals surface area (Å²) in [5.41, 5.74) is 1.43. The second kappa shape index (κ2) is 10.9. The van der Waals surface area contributed by atoms with Crippen molar-refractivity contribution in [2.24, 2.45) is 23.7 Å². The minimum atomic E-state index is -1.43. The number of halogens is 1. The molecule has 228 valence electrons. The van der Waals surface area contributed by atoms with Crippen LogP contribution in [-0.2, 0) is 24.6 Å². The summed E-state index contributed by atoms with van der Waals surface area (Å²) in [6, 6.07) is 21.9. The number of amides is 2. The third-order valence-corrected chi connectivity index (χ3v) is 10.8. The third-order valence-electron chi connectivity index (χ3n) is 10.4. The molecule has 3 aliphatic carbocycles. The van der Waals surface area contributed by atoms with Crippen LogP contribution in [-0.4, -0.2) is 47.0 Å². The average Bonchev–Trinajstić information content (AvgIpc) is 3.31. The summed E-state index contributed by atoms with van der Waals surface area (Å²) in [6.07, 6.45) is 4.01. The quantitative estimate of drug-likeness (QED) is 0.265. The second-order valence-electron chi connectivity index (χ2n) is 12.3. The lowest BCUT2D eigenvalue weighted by molar-refractivity contribution is -0.140. The van der Waals surface area contributed by atoms with E-state index < -0.39 is 35.0 Å². The van der Waals surface area contributed by atoms with Crippen molar-refractivity contribution in [2.45, 2.75) is 31.1 Å². The SMILES string of the molecule is CCN1C(=O)C2CC=C3C(CC4C(=O)C(c5ccccc5)=CC(=O)C4(c4ccccc4)C3c3cc(Br)cc(OC)c3O)C2C1=O. The van der Waals surface area contributed by atoms with Gasteiger partial charge in [0.1, 0.15) is 0 Å². The second-order valence-corrected chi connectivity index (χ2v) is 13.2. The number of rotatable bonds is 5. The maximum absolute atomic E-state index is 15.0. The lowest BCUT2D eigenvalue weighted by atomic mass is 9.44. The summed E-state index contributed by atoms with van der Waals surface area (Å²) in [7, 11) is 1.46. The van der Waals surface area contributed by atoms with Crippen molar-refractivity contribution < 1.29 is 29.0 Å². The molecule has 4 aliphatic rings. The maximum Gasteiger partial charge on any atom is 0.233 e. The first-order valence-corrected chi connectivity index (χ1v) is 16.1. The monoisotopic (exact) mass is 665 g/mol. The Balaban J connectivity index is 1.55. The van der Waals surface area contributed by atoms with Crippen LogP contribution in [0.25, 0.3) is 5.57 Å². The van der Waals surface area contributed by atoms with Crippen molar-refractivity contribution >= 4 is 44.9 Å². The molecule has 2 amide bonds. The van der Waals surface area contributed by atoms with Gasteiger partial charge in [0, 0.05) is 34.0 Å². The lowest BCUT2D eigenvalue weighted by Gasteiger charge is -2.55. The summed E-state index contributed by atoms with van der Waals surface area (Å²) in [6.45, 7) is 2.06. The lowest BCUT2D eigenvalue weighted by Crippen LogP contribution is -2.58. The maximum atomic E-state index is 15.0. The molecule has 8 heteroatoms. The Morgan fingerprint density at radius 2 is 1.64 bits per heavy atom. The number of fused-ring (bicyclic) bond motifs is 4. The van der Waals surface area contributed by atoms with Crippen LogP contribution in [0.2, 0.25) is 0 Å². The van der Waals surface area contributed by atoms with Crippen molar-refractivity contribution in [3.8, 4) is 11.5 Å². The van der Waals surface area contributed by atoms with Gasteiger partial charge in [-0.25, -0.2) is 0 Å². The zero-order valence-corrected chi connectivity index (χ0v) is 26.5. The van der Waals surface area contributed by atoms with Crippen molar-refractivity contribution in [1.82, 2.24) is 4.90 Å². The molecule has 7 rings (SSSR count). The van der Waals surface area contributed by atoms with Gasteiger partial charge >= 0.3 is 0 Å². The largest absolute Gasteiger partial charge is 0.504 e.